The fourth-order valence-electron chi connectivity index (χ4n) is 2.74. The highest BCUT2D eigenvalue weighted by atomic mass is 32.2. The average Bonchev–Trinajstić information content (AvgIpc) is 2.94. The monoisotopic (exact) mass is 347 g/mol. The number of hydrogen-bond donors (Lipinski definition) is 1. The van der Waals surface area contributed by atoms with Crippen molar-refractivity contribution >= 4 is 27.3 Å². The molecule has 3 rings (SSSR count). The molecule has 2 aromatic rings. The molecule has 24 heavy (non-hydrogen) atoms. The first kappa shape index (κ1) is 16.3. The van der Waals surface area contributed by atoms with E-state index in [-0.39, 0.29) is 16.4 Å². The van der Waals surface area contributed by atoms with E-state index in [1.807, 2.05) is 0 Å². The van der Waals surface area contributed by atoms with Crippen LogP contribution in [0.4, 0.5) is 11.4 Å². The Kier molecular flexibility index (Phi) is 3.92. The molecular weight excluding hydrogens is 330 g/mol. The number of aromatic nitrogens is 1. The molecule has 0 saturated heterocycles. The number of amides is 1. The molecule has 1 amide bonds. The van der Waals surface area contributed by atoms with Crippen LogP contribution in [0.25, 0.3) is 0 Å². The number of nitrogens with zero attached hydrogens (tertiary/aromatic N) is 2. The molecule has 8 heteroatoms. The first-order valence-electron chi connectivity index (χ1n) is 7.38. The molecule has 1 aliphatic heterocycles. The quantitative estimate of drug-likeness (QED) is 0.900. The Hall–Kier alpha value is -2.61. The van der Waals surface area contributed by atoms with Gasteiger partial charge in [0, 0.05) is 38.5 Å². The molecule has 1 aromatic carbocycles. The van der Waals surface area contributed by atoms with Gasteiger partial charge in [0.2, 0.25) is 11.5 Å². The Bertz CT molecular complexity index is 979. The van der Waals surface area contributed by atoms with Gasteiger partial charge >= 0.3 is 0 Å². The smallest absolute Gasteiger partial charge is 0.261 e. The van der Waals surface area contributed by atoms with Crippen molar-refractivity contribution in [1.82, 2.24) is 4.57 Å². The second-order valence-electron chi connectivity index (χ2n) is 5.68. The fraction of sp³-hybridized carbons (Fsp3) is 0.250. The van der Waals surface area contributed by atoms with Gasteiger partial charge in [0.15, 0.2) is 0 Å². The van der Waals surface area contributed by atoms with Crippen molar-refractivity contribution in [2.45, 2.75) is 18.2 Å². The summed E-state index contributed by atoms with van der Waals surface area (Å²) in [5.41, 5.74) is 1.67. The largest absolute Gasteiger partial charge is 0.316 e. The predicted molar refractivity (Wildman–Crippen MR) is 90.7 cm³/mol. The summed E-state index contributed by atoms with van der Waals surface area (Å²) in [6, 6.07) is 7.43. The van der Waals surface area contributed by atoms with E-state index in [1.54, 1.807) is 24.1 Å². The molecule has 0 saturated carbocycles. The number of aryl methyl sites for hydroxylation is 1. The summed E-state index contributed by atoms with van der Waals surface area (Å²) in [7, 11) is -2.22. The van der Waals surface area contributed by atoms with E-state index in [4.69, 9.17) is 0 Å². The predicted octanol–water partition coefficient (Wildman–Crippen LogP) is 1.10. The fourth-order valence-corrected chi connectivity index (χ4v) is 3.83. The van der Waals surface area contributed by atoms with Crippen molar-refractivity contribution in [1.29, 1.82) is 0 Å². The van der Waals surface area contributed by atoms with Crippen LogP contribution in [-0.2, 0) is 28.3 Å². The minimum atomic E-state index is -3.77. The zero-order valence-corrected chi connectivity index (χ0v) is 14.1. The van der Waals surface area contributed by atoms with E-state index < -0.39 is 10.0 Å². The maximum Gasteiger partial charge on any atom is 0.261 e. The van der Waals surface area contributed by atoms with Crippen molar-refractivity contribution in [3.8, 4) is 0 Å². The van der Waals surface area contributed by atoms with Gasteiger partial charge in [-0.05, 0) is 36.2 Å². The van der Waals surface area contributed by atoms with Crippen LogP contribution < -0.4 is 15.2 Å². The van der Waals surface area contributed by atoms with Crippen molar-refractivity contribution in [3.05, 3.63) is 52.4 Å². The number of pyridine rings is 1. The number of nitrogens with one attached hydrogen (secondary N) is 1. The van der Waals surface area contributed by atoms with Crippen LogP contribution in [0.5, 0.6) is 0 Å². The molecule has 1 aromatic heterocycles. The molecule has 2 heterocycles. The molecule has 0 fully saturated rings. The minimum absolute atomic E-state index is 0.0623. The molecule has 0 unspecified atom stereocenters. The van der Waals surface area contributed by atoms with E-state index >= 15 is 0 Å². The Labute approximate surface area is 139 Å². The van der Waals surface area contributed by atoms with Gasteiger partial charge in [0.05, 0.1) is 10.6 Å². The van der Waals surface area contributed by atoms with Crippen LogP contribution in [0.1, 0.15) is 12.5 Å². The highest BCUT2D eigenvalue weighted by Crippen LogP contribution is 2.30. The van der Waals surface area contributed by atoms with Crippen molar-refractivity contribution in [3.63, 3.8) is 0 Å². The van der Waals surface area contributed by atoms with Gasteiger partial charge in [-0.3, -0.25) is 14.3 Å². The lowest BCUT2D eigenvalue weighted by Gasteiger charge is -2.15. The van der Waals surface area contributed by atoms with Crippen molar-refractivity contribution in [2.24, 2.45) is 7.05 Å². The molecule has 126 valence electrons. The van der Waals surface area contributed by atoms with E-state index in [0.717, 1.165) is 11.3 Å². The molecule has 0 spiro atoms. The first-order valence-corrected chi connectivity index (χ1v) is 8.87. The molecule has 0 radical (unpaired) electrons. The highest BCUT2D eigenvalue weighted by molar-refractivity contribution is 7.92. The number of anilines is 2. The first-order chi connectivity index (χ1) is 11.3. The van der Waals surface area contributed by atoms with Gasteiger partial charge in [-0.25, -0.2) is 8.42 Å². The second kappa shape index (κ2) is 5.79. The van der Waals surface area contributed by atoms with Crippen molar-refractivity contribution in [2.75, 3.05) is 16.2 Å². The lowest BCUT2D eigenvalue weighted by Crippen LogP contribution is -2.25. The van der Waals surface area contributed by atoms with Crippen LogP contribution in [0.3, 0.4) is 0 Å². The van der Waals surface area contributed by atoms with E-state index in [1.165, 1.54) is 35.9 Å². The summed E-state index contributed by atoms with van der Waals surface area (Å²) in [5.74, 6) is -0.0623. The number of rotatable bonds is 3. The standard InChI is InChI=1S/C16H17N3O4S/c1-11(20)19-8-7-12-9-14(4-5-15(12)19)24(22,23)17-13-3-6-16(21)18(2)10-13/h3-6,9-10,17H,7-8H2,1-2H3. The third kappa shape index (κ3) is 2.92. The van der Waals surface area contributed by atoms with Crippen LogP contribution >= 0.6 is 0 Å². The summed E-state index contributed by atoms with van der Waals surface area (Å²) >= 11 is 0. The van der Waals surface area contributed by atoms with Crippen LogP contribution in [-0.4, -0.2) is 25.4 Å². The minimum Gasteiger partial charge on any atom is -0.316 e. The third-order valence-electron chi connectivity index (χ3n) is 3.97. The zero-order valence-electron chi connectivity index (χ0n) is 13.3. The van der Waals surface area contributed by atoms with Gasteiger partial charge in [-0.2, -0.15) is 0 Å². The topological polar surface area (TPSA) is 88.5 Å². The molecule has 0 aliphatic carbocycles. The van der Waals surface area contributed by atoms with Crippen LogP contribution in [0, 0.1) is 0 Å². The molecule has 1 aliphatic rings. The highest BCUT2D eigenvalue weighted by Gasteiger charge is 2.24. The lowest BCUT2D eigenvalue weighted by molar-refractivity contribution is -0.116. The van der Waals surface area contributed by atoms with Gasteiger partial charge in [0.25, 0.3) is 10.0 Å². The number of benzene rings is 1. The zero-order chi connectivity index (χ0) is 17.5. The van der Waals surface area contributed by atoms with Crippen molar-refractivity contribution < 1.29 is 13.2 Å². The number of carbonyl (C=O) groups excluding carboxylic acids is 1. The molecule has 1 N–H and O–H groups in total. The van der Waals surface area contributed by atoms with Gasteiger partial charge in [-0.1, -0.05) is 0 Å². The van der Waals surface area contributed by atoms with E-state index in [0.29, 0.717) is 18.7 Å². The Morgan fingerprint density at radius 3 is 2.62 bits per heavy atom. The summed E-state index contributed by atoms with van der Waals surface area (Å²) in [5, 5.41) is 0. The van der Waals surface area contributed by atoms with Crippen LogP contribution in [0.2, 0.25) is 0 Å². The second-order valence-corrected chi connectivity index (χ2v) is 7.37. The summed E-state index contributed by atoms with van der Waals surface area (Å²) < 4.78 is 28.8. The lowest BCUT2D eigenvalue weighted by atomic mass is 10.2. The summed E-state index contributed by atoms with van der Waals surface area (Å²) in [6.45, 7) is 2.05. The average molecular weight is 347 g/mol. The normalized spacial score (nSPS) is 13.7. The summed E-state index contributed by atoms with van der Waals surface area (Å²) in [4.78, 5) is 24.7. The van der Waals surface area contributed by atoms with Gasteiger partial charge in [0.1, 0.15) is 0 Å². The van der Waals surface area contributed by atoms with Gasteiger partial charge in [-0.15, -0.1) is 0 Å². The maximum atomic E-state index is 12.5. The Morgan fingerprint density at radius 2 is 1.96 bits per heavy atom. The number of carbonyl (C=O) groups is 1. The van der Waals surface area contributed by atoms with E-state index in [2.05, 4.69) is 4.72 Å². The molecule has 7 nitrogen and oxygen atoms in total. The number of fused-ring (bicyclic) bond motifs is 1. The Morgan fingerprint density at radius 1 is 1.21 bits per heavy atom. The van der Waals surface area contributed by atoms with Gasteiger partial charge < -0.3 is 9.47 Å². The molecular formula is C16H17N3O4S. The number of hydrogen-bond acceptors (Lipinski definition) is 4. The van der Waals surface area contributed by atoms with Crippen LogP contribution in [0.15, 0.2) is 46.2 Å². The molecule has 0 atom stereocenters. The SMILES string of the molecule is CC(=O)N1CCc2cc(S(=O)(=O)Nc3ccc(=O)n(C)c3)ccc21. The number of sulfonamides is 1. The third-order valence-corrected chi connectivity index (χ3v) is 5.35. The summed E-state index contributed by atoms with van der Waals surface area (Å²) in [6.07, 6.45) is 2.04. The maximum absolute atomic E-state index is 12.5. The molecule has 0 bridgehead atoms. The Balaban J connectivity index is 1.92. The van der Waals surface area contributed by atoms with E-state index in [9.17, 15) is 18.0 Å².